The summed E-state index contributed by atoms with van der Waals surface area (Å²) in [6.07, 6.45) is 4.17. The van der Waals surface area contributed by atoms with Gasteiger partial charge in [-0.15, -0.1) is 0 Å². The van der Waals surface area contributed by atoms with Gasteiger partial charge in [0.2, 0.25) is 0 Å². The Balaban J connectivity index is 2.18. The molecule has 0 aromatic heterocycles. The van der Waals surface area contributed by atoms with Crippen LogP contribution in [0.3, 0.4) is 0 Å². The quantitative estimate of drug-likeness (QED) is 0.814. The first kappa shape index (κ1) is 11.7. The lowest BCUT2D eigenvalue weighted by Gasteiger charge is -2.27. The SMILES string of the molecule is CNC(c1ccc(C)cc1)C1CCCC1C. The average molecular weight is 217 g/mol. The normalized spacial score (nSPS) is 26.9. The lowest BCUT2D eigenvalue weighted by Crippen LogP contribution is -2.26. The van der Waals surface area contributed by atoms with Crippen LogP contribution in [0.4, 0.5) is 0 Å². The van der Waals surface area contributed by atoms with Crippen molar-refractivity contribution in [1.29, 1.82) is 0 Å². The molecule has 1 aromatic carbocycles. The highest BCUT2D eigenvalue weighted by atomic mass is 14.9. The molecule has 1 aromatic rings. The maximum Gasteiger partial charge on any atom is 0.0348 e. The van der Waals surface area contributed by atoms with E-state index in [2.05, 4.69) is 50.5 Å². The zero-order valence-corrected chi connectivity index (χ0v) is 10.7. The Morgan fingerprint density at radius 3 is 2.38 bits per heavy atom. The van der Waals surface area contributed by atoms with E-state index in [9.17, 15) is 0 Å². The van der Waals surface area contributed by atoms with Crippen molar-refractivity contribution in [3.05, 3.63) is 35.4 Å². The van der Waals surface area contributed by atoms with Crippen LogP contribution in [0, 0.1) is 18.8 Å². The molecule has 0 bridgehead atoms. The molecule has 1 aliphatic carbocycles. The second-order valence-corrected chi connectivity index (χ2v) is 5.25. The third-order valence-corrected chi connectivity index (χ3v) is 4.10. The average Bonchev–Trinajstić information content (AvgIpc) is 2.69. The molecule has 0 amide bonds. The lowest BCUT2D eigenvalue weighted by atomic mass is 9.86. The number of aryl methyl sites for hydroxylation is 1. The van der Waals surface area contributed by atoms with Crippen molar-refractivity contribution in [1.82, 2.24) is 5.32 Å². The van der Waals surface area contributed by atoms with Gasteiger partial charge in [-0.2, -0.15) is 0 Å². The van der Waals surface area contributed by atoms with E-state index in [0.29, 0.717) is 6.04 Å². The van der Waals surface area contributed by atoms with Gasteiger partial charge in [0.1, 0.15) is 0 Å². The smallest absolute Gasteiger partial charge is 0.0348 e. The van der Waals surface area contributed by atoms with E-state index < -0.39 is 0 Å². The van der Waals surface area contributed by atoms with Gasteiger partial charge in [0.15, 0.2) is 0 Å². The van der Waals surface area contributed by atoms with Gasteiger partial charge in [-0.05, 0) is 37.8 Å². The zero-order valence-electron chi connectivity index (χ0n) is 10.7. The third-order valence-electron chi connectivity index (χ3n) is 4.10. The summed E-state index contributed by atoms with van der Waals surface area (Å²) in [4.78, 5) is 0. The molecule has 1 nitrogen and oxygen atoms in total. The summed E-state index contributed by atoms with van der Waals surface area (Å²) in [6, 6.07) is 9.54. The van der Waals surface area contributed by atoms with Crippen LogP contribution >= 0.6 is 0 Å². The molecule has 0 saturated heterocycles. The zero-order chi connectivity index (χ0) is 11.5. The largest absolute Gasteiger partial charge is 0.313 e. The van der Waals surface area contributed by atoms with Crippen molar-refractivity contribution in [2.45, 2.75) is 39.2 Å². The molecule has 3 atom stereocenters. The minimum Gasteiger partial charge on any atom is -0.313 e. The molecule has 1 aliphatic rings. The molecule has 0 heterocycles. The summed E-state index contributed by atoms with van der Waals surface area (Å²) >= 11 is 0. The van der Waals surface area contributed by atoms with Gasteiger partial charge < -0.3 is 5.32 Å². The van der Waals surface area contributed by atoms with E-state index in [4.69, 9.17) is 0 Å². The molecule has 16 heavy (non-hydrogen) atoms. The maximum absolute atomic E-state index is 3.51. The number of rotatable bonds is 3. The van der Waals surface area contributed by atoms with E-state index in [1.165, 1.54) is 30.4 Å². The minimum atomic E-state index is 0.540. The first-order valence-corrected chi connectivity index (χ1v) is 6.46. The fourth-order valence-electron chi connectivity index (χ4n) is 3.07. The molecule has 0 radical (unpaired) electrons. The summed E-state index contributed by atoms with van der Waals surface area (Å²) in [7, 11) is 2.09. The van der Waals surface area contributed by atoms with Crippen LogP contribution < -0.4 is 5.32 Å². The molecular formula is C15H23N. The fourth-order valence-corrected chi connectivity index (χ4v) is 3.07. The maximum atomic E-state index is 3.51. The van der Waals surface area contributed by atoms with E-state index in [-0.39, 0.29) is 0 Å². The van der Waals surface area contributed by atoms with E-state index in [1.54, 1.807) is 0 Å². The van der Waals surface area contributed by atoms with E-state index in [1.807, 2.05) is 0 Å². The fraction of sp³-hybridized carbons (Fsp3) is 0.600. The van der Waals surface area contributed by atoms with Gasteiger partial charge >= 0.3 is 0 Å². The molecule has 1 saturated carbocycles. The first-order valence-electron chi connectivity index (χ1n) is 6.46. The number of hydrogen-bond acceptors (Lipinski definition) is 1. The number of hydrogen-bond donors (Lipinski definition) is 1. The van der Waals surface area contributed by atoms with Crippen molar-refractivity contribution in [3.63, 3.8) is 0 Å². The molecule has 3 unspecified atom stereocenters. The van der Waals surface area contributed by atoms with Crippen LogP contribution in [0.25, 0.3) is 0 Å². The standard InChI is InChI=1S/C15H23N/c1-11-7-9-13(10-8-11)15(16-3)14-6-4-5-12(14)2/h7-10,12,14-16H,4-6H2,1-3H3. The van der Waals surface area contributed by atoms with Crippen molar-refractivity contribution in [2.24, 2.45) is 11.8 Å². The van der Waals surface area contributed by atoms with Crippen LogP contribution in [0.5, 0.6) is 0 Å². The van der Waals surface area contributed by atoms with Gasteiger partial charge in [0.05, 0.1) is 0 Å². The van der Waals surface area contributed by atoms with E-state index >= 15 is 0 Å². The number of benzene rings is 1. The topological polar surface area (TPSA) is 12.0 Å². The summed E-state index contributed by atoms with van der Waals surface area (Å²) in [6.45, 7) is 4.55. The Morgan fingerprint density at radius 2 is 1.88 bits per heavy atom. The Labute approximate surface area is 99.3 Å². The second-order valence-electron chi connectivity index (χ2n) is 5.25. The van der Waals surface area contributed by atoms with Crippen LogP contribution in [0.15, 0.2) is 24.3 Å². The molecule has 1 fully saturated rings. The van der Waals surface area contributed by atoms with Gasteiger partial charge in [-0.25, -0.2) is 0 Å². The molecule has 1 heteroatoms. The van der Waals surface area contributed by atoms with Crippen molar-refractivity contribution < 1.29 is 0 Å². The van der Waals surface area contributed by atoms with Crippen molar-refractivity contribution >= 4 is 0 Å². The van der Waals surface area contributed by atoms with Gasteiger partial charge in [-0.1, -0.05) is 49.6 Å². The van der Waals surface area contributed by atoms with Gasteiger partial charge in [-0.3, -0.25) is 0 Å². The highest BCUT2D eigenvalue weighted by molar-refractivity contribution is 5.25. The van der Waals surface area contributed by atoms with Crippen LogP contribution in [-0.2, 0) is 0 Å². The molecule has 1 N–H and O–H groups in total. The Bertz CT molecular complexity index is 328. The third kappa shape index (κ3) is 2.30. The molecule has 88 valence electrons. The van der Waals surface area contributed by atoms with Gasteiger partial charge in [0, 0.05) is 6.04 Å². The predicted octanol–water partition coefficient (Wildman–Crippen LogP) is 3.69. The summed E-state index contributed by atoms with van der Waals surface area (Å²) in [5.41, 5.74) is 2.80. The van der Waals surface area contributed by atoms with Gasteiger partial charge in [0.25, 0.3) is 0 Å². The highest BCUT2D eigenvalue weighted by Crippen LogP contribution is 2.39. The molecular weight excluding hydrogens is 194 g/mol. The minimum absolute atomic E-state index is 0.540. The Hall–Kier alpha value is -0.820. The summed E-state index contributed by atoms with van der Waals surface area (Å²) in [5.74, 6) is 1.67. The summed E-state index contributed by atoms with van der Waals surface area (Å²) in [5, 5.41) is 3.51. The van der Waals surface area contributed by atoms with Crippen LogP contribution in [0.2, 0.25) is 0 Å². The molecule has 2 rings (SSSR count). The van der Waals surface area contributed by atoms with Crippen LogP contribution in [0.1, 0.15) is 43.4 Å². The summed E-state index contributed by atoms with van der Waals surface area (Å²) < 4.78 is 0. The van der Waals surface area contributed by atoms with E-state index in [0.717, 1.165) is 11.8 Å². The Kier molecular flexibility index (Phi) is 3.65. The number of nitrogens with one attached hydrogen (secondary N) is 1. The second kappa shape index (κ2) is 5.01. The molecule has 0 spiro atoms. The predicted molar refractivity (Wildman–Crippen MR) is 69.5 cm³/mol. The van der Waals surface area contributed by atoms with Crippen molar-refractivity contribution in [3.8, 4) is 0 Å². The lowest BCUT2D eigenvalue weighted by molar-refractivity contribution is 0.315. The monoisotopic (exact) mass is 217 g/mol. The molecule has 0 aliphatic heterocycles. The van der Waals surface area contributed by atoms with Crippen molar-refractivity contribution in [2.75, 3.05) is 7.05 Å². The first-order chi connectivity index (χ1) is 7.72. The highest BCUT2D eigenvalue weighted by Gasteiger charge is 2.30. The van der Waals surface area contributed by atoms with Crippen LogP contribution in [-0.4, -0.2) is 7.05 Å². The Morgan fingerprint density at radius 1 is 1.19 bits per heavy atom.